The summed E-state index contributed by atoms with van der Waals surface area (Å²) in [5.74, 6) is 0.649. The number of carbonyl (C=O) groups excluding carboxylic acids is 1. The predicted molar refractivity (Wildman–Crippen MR) is 98.0 cm³/mol. The topological polar surface area (TPSA) is 71.0 Å². The lowest BCUT2D eigenvalue weighted by atomic mass is 9.95. The van der Waals surface area contributed by atoms with Gasteiger partial charge in [0.2, 0.25) is 5.91 Å². The second-order valence-electron chi connectivity index (χ2n) is 6.42. The molecule has 2 aromatic carbocycles. The molecular formula is C20H23FN2O4. The SMILES string of the molecule is COc1ccc(OC)c2c1CN(CC(=O)NCc1ccccc1F)C[C@H]2O. The van der Waals surface area contributed by atoms with Crippen molar-refractivity contribution in [1.82, 2.24) is 10.2 Å². The van der Waals surface area contributed by atoms with Crippen LogP contribution in [-0.2, 0) is 17.9 Å². The van der Waals surface area contributed by atoms with Crippen molar-refractivity contribution >= 4 is 5.91 Å². The molecule has 0 fully saturated rings. The van der Waals surface area contributed by atoms with Gasteiger partial charge in [0.1, 0.15) is 17.3 Å². The average Bonchev–Trinajstić information content (AvgIpc) is 2.66. The number of methoxy groups -OCH3 is 2. The summed E-state index contributed by atoms with van der Waals surface area (Å²) >= 11 is 0. The number of ether oxygens (including phenoxy) is 2. The van der Waals surface area contributed by atoms with E-state index in [1.807, 2.05) is 4.90 Å². The predicted octanol–water partition coefficient (Wildman–Crippen LogP) is 2.01. The van der Waals surface area contributed by atoms with Crippen LogP contribution in [0.5, 0.6) is 11.5 Å². The third-order valence-corrected chi connectivity index (χ3v) is 4.66. The molecule has 3 rings (SSSR count). The van der Waals surface area contributed by atoms with Gasteiger partial charge in [0.05, 0.1) is 26.9 Å². The zero-order valence-corrected chi connectivity index (χ0v) is 15.4. The van der Waals surface area contributed by atoms with E-state index in [1.54, 1.807) is 44.6 Å². The van der Waals surface area contributed by atoms with E-state index in [1.165, 1.54) is 6.07 Å². The first-order chi connectivity index (χ1) is 13.0. The van der Waals surface area contributed by atoms with Gasteiger partial charge in [0.15, 0.2) is 0 Å². The van der Waals surface area contributed by atoms with Crippen molar-refractivity contribution in [3.05, 3.63) is 58.9 Å². The molecule has 6 nitrogen and oxygen atoms in total. The third kappa shape index (κ3) is 4.20. The number of fused-ring (bicyclic) bond motifs is 1. The number of aliphatic hydroxyl groups excluding tert-OH is 1. The van der Waals surface area contributed by atoms with Crippen molar-refractivity contribution in [2.45, 2.75) is 19.2 Å². The molecule has 1 heterocycles. The molecular weight excluding hydrogens is 351 g/mol. The van der Waals surface area contributed by atoms with Gasteiger partial charge in [0.25, 0.3) is 0 Å². The van der Waals surface area contributed by atoms with Crippen LogP contribution in [0.3, 0.4) is 0 Å². The van der Waals surface area contributed by atoms with Crippen LogP contribution in [0.15, 0.2) is 36.4 Å². The standard InChI is InChI=1S/C20H23FN2O4/c1-26-17-7-8-18(27-2)20-14(17)10-23(11-16(20)24)12-19(25)22-9-13-5-3-4-6-15(13)21/h3-8,16,24H,9-12H2,1-2H3,(H,22,25)/t16-/m1/s1. The molecule has 0 unspecified atom stereocenters. The van der Waals surface area contributed by atoms with Crippen molar-refractivity contribution < 1.29 is 23.8 Å². The molecule has 0 spiro atoms. The van der Waals surface area contributed by atoms with Crippen LogP contribution in [0, 0.1) is 5.82 Å². The fourth-order valence-corrected chi connectivity index (χ4v) is 3.36. The van der Waals surface area contributed by atoms with Crippen molar-refractivity contribution in [1.29, 1.82) is 0 Å². The molecule has 1 aliphatic heterocycles. The maximum atomic E-state index is 13.6. The monoisotopic (exact) mass is 374 g/mol. The molecule has 1 aliphatic rings. The normalized spacial score (nSPS) is 16.5. The van der Waals surface area contributed by atoms with Crippen molar-refractivity contribution in [2.24, 2.45) is 0 Å². The van der Waals surface area contributed by atoms with Crippen molar-refractivity contribution in [2.75, 3.05) is 27.3 Å². The highest BCUT2D eigenvalue weighted by Crippen LogP contribution is 2.39. The minimum Gasteiger partial charge on any atom is -0.496 e. The van der Waals surface area contributed by atoms with Crippen LogP contribution in [0.2, 0.25) is 0 Å². The average molecular weight is 374 g/mol. The van der Waals surface area contributed by atoms with E-state index in [0.717, 1.165) is 5.56 Å². The lowest BCUT2D eigenvalue weighted by Crippen LogP contribution is -2.41. The number of hydrogen-bond acceptors (Lipinski definition) is 5. The molecule has 0 aliphatic carbocycles. The maximum Gasteiger partial charge on any atom is 0.234 e. The molecule has 0 radical (unpaired) electrons. The largest absolute Gasteiger partial charge is 0.496 e. The number of nitrogens with one attached hydrogen (secondary N) is 1. The molecule has 1 atom stereocenters. The Hall–Kier alpha value is -2.64. The van der Waals surface area contributed by atoms with Crippen LogP contribution in [0.1, 0.15) is 22.8 Å². The van der Waals surface area contributed by atoms with Crippen molar-refractivity contribution in [3.63, 3.8) is 0 Å². The number of amides is 1. The molecule has 0 aromatic heterocycles. The summed E-state index contributed by atoms with van der Waals surface area (Å²) in [6.45, 7) is 0.949. The number of β-amino-alcohol motifs (C(OH)–C–C–N with tert-alkyl or cyclic N) is 1. The van der Waals surface area contributed by atoms with Crippen LogP contribution in [0.4, 0.5) is 4.39 Å². The number of carbonyl (C=O) groups is 1. The van der Waals surface area contributed by atoms with E-state index in [-0.39, 0.29) is 24.8 Å². The minimum atomic E-state index is -0.793. The number of benzene rings is 2. The maximum absolute atomic E-state index is 13.6. The van der Waals surface area contributed by atoms with Gasteiger partial charge < -0.3 is 19.9 Å². The van der Waals surface area contributed by atoms with Crippen LogP contribution in [-0.4, -0.2) is 43.2 Å². The molecule has 2 N–H and O–H groups in total. The molecule has 0 saturated heterocycles. The summed E-state index contributed by atoms with van der Waals surface area (Å²) in [7, 11) is 3.12. The number of halogens is 1. The molecule has 1 amide bonds. The lowest BCUT2D eigenvalue weighted by molar-refractivity contribution is -0.123. The second kappa shape index (κ2) is 8.37. The first-order valence-corrected chi connectivity index (χ1v) is 8.67. The molecule has 2 aromatic rings. The zero-order chi connectivity index (χ0) is 19.4. The molecule has 0 saturated carbocycles. The zero-order valence-electron chi connectivity index (χ0n) is 15.4. The van der Waals surface area contributed by atoms with Gasteiger partial charge >= 0.3 is 0 Å². The Morgan fingerprint density at radius 3 is 2.63 bits per heavy atom. The fourth-order valence-electron chi connectivity index (χ4n) is 3.36. The summed E-state index contributed by atoms with van der Waals surface area (Å²) in [5, 5.41) is 13.3. The van der Waals surface area contributed by atoms with Crippen LogP contribution in [0.25, 0.3) is 0 Å². The Morgan fingerprint density at radius 2 is 1.93 bits per heavy atom. The van der Waals surface area contributed by atoms with Gasteiger partial charge in [-0.05, 0) is 18.2 Å². The van der Waals surface area contributed by atoms with Gasteiger partial charge in [-0.3, -0.25) is 9.69 Å². The van der Waals surface area contributed by atoms with E-state index in [2.05, 4.69) is 5.32 Å². The van der Waals surface area contributed by atoms with E-state index in [0.29, 0.717) is 35.7 Å². The fraction of sp³-hybridized carbons (Fsp3) is 0.350. The summed E-state index contributed by atoms with van der Waals surface area (Å²) < 4.78 is 24.4. The first-order valence-electron chi connectivity index (χ1n) is 8.67. The van der Waals surface area contributed by atoms with Crippen molar-refractivity contribution in [3.8, 4) is 11.5 Å². The van der Waals surface area contributed by atoms with Gasteiger partial charge in [-0.1, -0.05) is 18.2 Å². The second-order valence-corrected chi connectivity index (χ2v) is 6.42. The number of nitrogens with zero attached hydrogens (tertiary/aromatic N) is 1. The van der Waals surface area contributed by atoms with Crippen LogP contribution < -0.4 is 14.8 Å². The quantitative estimate of drug-likeness (QED) is 0.809. The van der Waals surface area contributed by atoms with Gasteiger partial charge in [0, 0.05) is 36.3 Å². The highest BCUT2D eigenvalue weighted by Gasteiger charge is 2.30. The van der Waals surface area contributed by atoms with E-state index >= 15 is 0 Å². The highest BCUT2D eigenvalue weighted by molar-refractivity contribution is 5.78. The lowest BCUT2D eigenvalue weighted by Gasteiger charge is -2.33. The highest BCUT2D eigenvalue weighted by atomic mass is 19.1. The molecule has 0 bridgehead atoms. The molecule has 144 valence electrons. The Kier molecular flexibility index (Phi) is 5.93. The molecule has 7 heteroatoms. The first kappa shape index (κ1) is 19.1. The van der Waals surface area contributed by atoms with E-state index in [9.17, 15) is 14.3 Å². The van der Waals surface area contributed by atoms with E-state index < -0.39 is 6.10 Å². The van der Waals surface area contributed by atoms with E-state index in [4.69, 9.17) is 9.47 Å². The Bertz CT molecular complexity index is 828. The Balaban J connectivity index is 1.68. The number of hydrogen-bond donors (Lipinski definition) is 2. The van der Waals surface area contributed by atoms with Gasteiger partial charge in [-0.15, -0.1) is 0 Å². The number of rotatable bonds is 6. The number of aliphatic hydroxyl groups is 1. The van der Waals surface area contributed by atoms with Crippen LogP contribution >= 0.6 is 0 Å². The Labute approximate surface area is 157 Å². The Morgan fingerprint density at radius 1 is 1.22 bits per heavy atom. The minimum absolute atomic E-state index is 0.0886. The van der Waals surface area contributed by atoms with Gasteiger partial charge in [-0.2, -0.15) is 0 Å². The summed E-state index contributed by atoms with van der Waals surface area (Å²) in [4.78, 5) is 14.1. The summed E-state index contributed by atoms with van der Waals surface area (Å²) in [5.41, 5.74) is 1.93. The van der Waals surface area contributed by atoms with Gasteiger partial charge in [-0.25, -0.2) is 4.39 Å². The summed E-state index contributed by atoms with van der Waals surface area (Å²) in [6, 6.07) is 9.87. The smallest absolute Gasteiger partial charge is 0.234 e. The summed E-state index contributed by atoms with van der Waals surface area (Å²) in [6.07, 6.45) is -0.793. The molecule has 27 heavy (non-hydrogen) atoms. The third-order valence-electron chi connectivity index (χ3n) is 4.66.